The molecule has 2 aromatic heterocycles. The summed E-state index contributed by atoms with van der Waals surface area (Å²) in [6.07, 6.45) is 9.55. The van der Waals surface area contributed by atoms with E-state index in [-0.39, 0.29) is 0 Å². The van der Waals surface area contributed by atoms with Crippen molar-refractivity contribution in [2.24, 2.45) is 5.73 Å². The van der Waals surface area contributed by atoms with Crippen LogP contribution in [-0.2, 0) is 6.54 Å². The Kier molecular flexibility index (Phi) is 3.66. The Bertz CT molecular complexity index is 422. The quantitative estimate of drug-likeness (QED) is 0.774. The van der Waals surface area contributed by atoms with Crippen molar-refractivity contribution in [3.8, 4) is 11.4 Å². The Morgan fingerprint density at radius 3 is 2.69 bits per heavy atom. The summed E-state index contributed by atoms with van der Waals surface area (Å²) in [6.45, 7) is 1.72. The van der Waals surface area contributed by atoms with Gasteiger partial charge in [0.2, 0.25) is 0 Å². The van der Waals surface area contributed by atoms with Gasteiger partial charge in [-0.2, -0.15) is 0 Å². The molecule has 0 unspecified atom stereocenters. The van der Waals surface area contributed by atoms with Crippen LogP contribution in [0.25, 0.3) is 11.4 Å². The summed E-state index contributed by atoms with van der Waals surface area (Å²) in [5.74, 6) is 0.999. The molecule has 0 fully saturated rings. The molecule has 0 saturated carbocycles. The number of nitrogens with two attached hydrogens (primary N) is 1. The van der Waals surface area contributed by atoms with Gasteiger partial charge in [-0.3, -0.25) is 4.98 Å². The third-order valence-electron chi connectivity index (χ3n) is 2.51. The van der Waals surface area contributed by atoms with Crippen molar-refractivity contribution >= 4 is 0 Å². The first-order chi connectivity index (χ1) is 7.92. The van der Waals surface area contributed by atoms with Gasteiger partial charge < -0.3 is 10.3 Å². The van der Waals surface area contributed by atoms with Crippen molar-refractivity contribution in [3.05, 3.63) is 36.9 Å². The average Bonchev–Trinajstić information content (AvgIpc) is 2.79. The Hall–Kier alpha value is -1.68. The number of pyridine rings is 1. The van der Waals surface area contributed by atoms with Crippen LogP contribution in [0.15, 0.2) is 36.9 Å². The third-order valence-corrected chi connectivity index (χ3v) is 2.51. The fourth-order valence-electron chi connectivity index (χ4n) is 1.68. The van der Waals surface area contributed by atoms with Gasteiger partial charge in [-0.1, -0.05) is 0 Å². The van der Waals surface area contributed by atoms with Crippen molar-refractivity contribution in [1.29, 1.82) is 0 Å². The predicted molar refractivity (Wildman–Crippen MR) is 63.7 cm³/mol. The number of imidazole rings is 1. The van der Waals surface area contributed by atoms with Gasteiger partial charge in [0.25, 0.3) is 0 Å². The monoisotopic (exact) mass is 216 g/mol. The molecule has 0 amide bonds. The van der Waals surface area contributed by atoms with E-state index in [0.717, 1.165) is 37.3 Å². The number of aromatic nitrogens is 3. The standard InChI is InChI=1S/C12H16N4/c13-5-1-2-9-16-10-8-15-12(16)11-3-6-14-7-4-11/h3-4,6-8,10H,1-2,5,9,13H2. The van der Waals surface area contributed by atoms with Gasteiger partial charge in [0, 0.05) is 36.9 Å². The van der Waals surface area contributed by atoms with E-state index < -0.39 is 0 Å². The number of rotatable bonds is 5. The molecular formula is C12H16N4. The molecule has 0 radical (unpaired) electrons. The molecule has 4 nitrogen and oxygen atoms in total. The van der Waals surface area contributed by atoms with Gasteiger partial charge in [-0.25, -0.2) is 4.98 Å². The van der Waals surface area contributed by atoms with E-state index in [1.54, 1.807) is 12.4 Å². The maximum atomic E-state index is 5.48. The molecule has 16 heavy (non-hydrogen) atoms. The van der Waals surface area contributed by atoms with Crippen LogP contribution >= 0.6 is 0 Å². The fourth-order valence-corrected chi connectivity index (χ4v) is 1.68. The Morgan fingerprint density at radius 2 is 1.94 bits per heavy atom. The molecule has 0 aliphatic rings. The van der Waals surface area contributed by atoms with Crippen LogP contribution in [0.2, 0.25) is 0 Å². The second-order valence-electron chi connectivity index (χ2n) is 3.68. The SMILES string of the molecule is NCCCCn1ccnc1-c1ccncc1. The van der Waals surface area contributed by atoms with Crippen LogP contribution in [0.3, 0.4) is 0 Å². The molecule has 2 heterocycles. The lowest BCUT2D eigenvalue weighted by atomic mass is 10.2. The van der Waals surface area contributed by atoms with E-state index in [9.17, 15) is 0 Å². The van der Waals surface area contributed by atoms with Crippen molar-refractivity contribution in [2.75, 3.05) is 6.54 Å². The van der Waals surface area contributed by atoms with Crippen LogP contribution in [0.1, 0.15) is 12.8 Å². The lowest BCUT2D eigenvalue weighted by Gasteiger charge is -2.06. The van der Waals surface area contributed by atoms with Crippen LogP contribution < -0.4 is 5.73 Å². The predicted octanol–water partition coefficient (Wildman–Crippen LogP) is 1.68. The Balaban J connectivity index is 2.13. The van der Waals surface area contributed by atoms with Gasteiger partial charge in [-0.05, 0) is 31.5 Å². The van der Waals surface area contributed by atoms with Crippen LogP contribution in [0.5, 0.6) is 0 Å². The second kappa shape index (κ2) is 5.42. The second-order valence-corrected chi connectivity index (χ2v) is 3.68. The number of hydrogen-bond donors (Lipinski definition) is 1. The van der Waals surface area contributed by atoms with Crippen LogP contribution in [-0.4, -0.2) is 21.1 Å². The number of nitrogens with zero attached hydrogens (tertiary/aromatic N) is 3. The van der Waals surface area contributed by atoms with E-state index in [1.165, 1.54) is 0 Å². The number of aryl methyl sites for hydroxylation is 1. The Labute approximate surface area is 95.1 Å². The largest absolute Gasteiger partial charge is 0.331 e. The molecule has 0 bridgehead atoms. The zero-order valence-electron chi connectivity index (χ0n) is 9.21. The van der Waals surface area contributed by atoms with Crippen molar-refractivity contribution < 1.29 is 0 Å². The summed E-state index contributed by atoms with van der Waals surface area (Å²) in [6, 6.07) is 3.95. The molecule has 0 atom stereocenters. The average molecular weight is 216 g/mol. The molecule has 0 aliphatic carbocycles. The summed E-state index contributed by atoms with van der Waals surface area (Å²) < 4.78 is 2.16. The zero-order chi connectivity index (χ0) is 11.2. The normalized spacial score (nSPS) is 10.6. The van der Waals surface area contributed by atoms with Crippen LogP contribution in [0.4, 0.5) is 0 Å². The van der Waals surface area contributed by atoms with Crippen molar-refractivity contribution in [3.63, 3.8) is 0 Å². The minimum absolute atomic E-state index is 0.749. The minimum atomic E-state index is 0.749. The van der Waals surface area contributed by atoms with E-state index >= 15 is 0 Å². The fraction of sp³-hybridized carbons (Fsp3) is 0.333. The van der Waals surface area contributed by atoms with Gasteiger partial charge >= 0.3 is 0 Å². The van der Waals surface area contributed by atoms with Gasteiger partial charge in [0.1, 0.15) is 5.82 Å². The highest BCUT2D eigenvalue weighted by Crippen LogP contribution is 2.16. The Morgan fingerprint density at radius 1 is 1.12 bits per heavy atom. The minimum Gasteiger partial charge on any atom is -0.331 e. The third kappa shape index (κ3) is 2.46. The topological polar surface area (TPSA) is 56.7 Å². The highest BCUT2D eigenvalue weighted by molar-refractivity contribution is 5.54. The molecule has 2 rings (SSSR count). The van der Waals surface area contributed by atoms with E-state index in [0.29, 0.717) is 0 Å². The summed E-state index contributed by atoms with van der Waals surface area (Å²) in [5.41, 5.74) is 6.59. The van der Waals surface area contributed by atoms with Gasteiger partial charge in [0.05, 0.1) is 0 Å². The van der Waals surface area contributed by atoms with E-state index in [2.05, 4.69) is 14.5 Å². The summed E-state index contributed by atoms with van der Waals surface area (Å²) in [4.78, 5) is 8.38. The van der Waals surface area contributed by atoms with Crippen molar-refractivity contribution in [1.82, 2.24) is 14.5 Å². The molecule has 84 valence electrons. The van der Waals surface area contributed by atoms with Crippen molar-refractivity contribution in [2.45, 2.75) is 19.4 Å². The molecule has 2 N–H and O–H groups in total. The highest BCUT2D eigenvalue weighted by atomic mass is 15.1. The molecular weight excluding hydrogens is 200 g/mol. The number of unbranched alkanes of at least 4 members (excludes halogenated alkanes) is 1. The first-order valence-electron chi connectivity index (χ1n) is 5.53. The summed E-state index contributed by atoms with van der Waals surface area (Å²) in [7, 11) is 0. The molecule has 2 aromatic rings. The molecule has 0 spiro atoms. The number of hydrogen-bond acceptors (Lipinski definition) is 3. The lowest BCUT2D eigenvalue weighted by molar-refractivity contribution is 0.619. The lowest BCUT2D eigenvalue weighted by Crippen LogP contribution is -2.03. The molecule has 4 heteroatoms. The first kappa shape index (κ1) is 10.8. The van der Waals surface area contributed by atoms with Gasteiger partial charge in [0.15, 0.2) is 0 Å². The van der Waals surface area contributed by atoms with E-state index in [4.69, 9.17) is 5.73 Å². The first-order valence-corrected chi connectivity index (χ1v) is 5.53. The van der Waals surface area contributed by atoms with Crippen LogP contribution in [0, 0.1) is 0 Å². The summed E-state index contributed by atoms with van der Waals surface area (Å²) in [5, 5.41) is 0. The molecule has 0 saturated heterocycles. The highest BCUT2D eigenvalue weighted by Gasteiger charge is 2.04. The zero-order valence-corrected chi connectivity index (χ0v) is 9.21. The maximum absolute atomic E-state index is 5.48. The summed E-state index contributed by atoms with van der Waals surface area (Å²) >= 11 is 0. The molecule has 0 aromatic carbocycles. The smallest absolute Gasteiger partial charge is 0.139 e. The van der Waals surface area contributed by atoms with Gasteiger partial charge in [-0.15, -0.1) is 0 Å². The molecule has 0 aliphatic heterocycles. The maximum Gasteiger partial charge on any atom is 0.139 e. The van der Waals surface area contributed by atoms with E-state index in [1.807, 2.05) is 24.5 Å².